The Hall–Kier alpha value is -3.23. The first-order chi connectivity index (χ1) is 21.0. The number of halogens is 2. The Morgan fingerprint density at radius 1 is 1.12 bits per heavy atom. The van der Waals surface area contributed by atoms with Gasteiger partial charge in [0.15, 0.2) is 5.82 Å². The lowest BCUT2D eigenvalue weighted by Gasteiger charge is -2.47. The summed E-state index contributed by atoms with van der Waals surface area (Å²) in [6.07, 6.45) is 10.9. The molecule has 0 unspecified atom stereocenters. The van der Waals surface area contributed by atoms with Gasteiger partial charge in [-0.15, -0.1) is 0 Å². The van der Waals surface area contributed by atoms with Crippen LogP contribution in [-0.4, -0.2) is 76.1 Å². The van der Waals surface area contributed by atoms with Gasteiger partial charge in [-0.2, -0.15) is 9.97 Å². The van der Waals surface area contributed by atoms with Gasteiger partial charge in [-0.25, -0.2) is 4.39 Å². The molecule has 9 heteroatoms. The zero-order valence-electron chi connectivity index (χ0n) is 24.5. The Bertz CT molecular complexity index is 1630. The van der Waals surface area contributed by atoms with Gasteiger partial charge in [0.2, 0.25) is 5.91 Å². The number of fused-ring (bicyclic) bond motifs is 4. The fraction of sp³-hybridized carbons (Fsp3) is 0.500. The van der Waals surface area contributed by atoms with Crippen LogP contribution in [0, 0.1) is 5.82 Å². The van der Waals surface area contributed by atoms with Crippen LogP contribution in [0.3, 0.4) is 0 Å². The van der Waals surface area contributed by atoms with E-state index in [1.807, 2.05) is 23.1 Å². The van der Waals surface area contributed by atoms with Crippen molar-refractivity contribution in [2.24, 2.45) is 0 Å². The minimum absolute atomic E-state index is 0.0180. The molecule has 2 aromatic carbocycles. The minimum atomic E-state index is -0.427. The van der Waals surface area contributed by atoms with Gasteiger partial charge in [-0.1, -0.05) is 36.4 Å². The van der Waals surface area contributed by atoms with E-state index in [0.29, 0.717) is 41.5 Å². The van der Waals surface area contributed by atoms with Crippen LogP contribution in [0.1, 0.15) is 56.1 Å². The van der Waals surface area contributed by atoms with E-state index in [1.54, 1.807) is 0 Å². The molecule has 0 spiro atoms. The number of benzene rings is 2. The molecular weight excluding hydrogens is 565 g/mol. The summed E-state index contributed by atoms with van der Waals surface area (Å²) in [7, 11) is 0. The van der Waals surface area contributed by atoms with Crippen molar-refractivity contribution in [1.29, 1.82) is 0 Å². The van der Waals surface area contributed by atoms with Crippen LogP contribution in [0.25, 0.3) is 22.0 Å². The number of aromatic nitrogens is 2. The number of likely N-dealkylation sites (tertiary alicyclic amines) is 1. The third kappa shape index (κ3) is 4.27. The van der Waals surface area contributed by atoms with E-state index >= 15 is 4.39 Å². The molecule has 4 saturated heterocycles. The van der Waals surface area contributed by atoms with Crippen LogP contribution < -0.4 is 9.64 Å². The van der Waals surface area contributed by atoms with Gasteiger partial charge < -0.3 is 14.5 Å². The van der Waals surface area contributed by atoms with Crippen molar-refractivity contribution in [3.63, 3.8) is 0 Å². The van der Waals surface area contributed by atoms with Crippen molar-refractivity contribution in [2.75, 3.05) is 37.7 Å². The Balaban J connectivity index is 1.23. The third-order valence-electron chi connectivity index (χ3n) is 10.8. The molecule has 5 heterocycles. The summed E-state index contributed by atoms with van der Waals surface area (Å²) < 4.78 is 23.3. The van der Waals surface area contributed by atoms with Gasteiger partial charge >= 0.3 is 6.01 Å². The number of aryl methyl sites for hydroxylation is 1. The van der Waals surface area contributed by atoms with Crippen LogP contribution >= 0.6 is 11.6 Å². The lowest BCUT2D eigenvalue weighted by atomic mass is 9.85. The monoisotopic (exact) mass is 601 g/mol. The topological polar surface area (TPSA) is 61.8 Å². The first-order valence-electron chi connectivity index (χ1n) is 15.9. The van der Waals surface area contributed by atoms with Crippen molar-refractivity contribution in [2.45, 2.75) is 75.4 Å². The number of carbonyl (C=O) groups excluding carboxylic acids is 1. The molecule has 1 aliphatic carbocycles. The second-order valence-corrected chi connectivity index (χ2v) is 13.3. The standard InChI is InChI=1S/C34H37ClFN5O2/c1-2-28(42)40-17-12-26-27(40)19-41(26)32-24-18-25(35)29(23-11-5-9-21-8-3-4-10-22(21)23)30(36)31(24)37-33(38-32)43-20-34-13-6-15-39(34)16-7-14-34/h2,5,9,11,18,26-27H,1,3-4,6-8,10,12-17,19-20H2/t26-,27+/m0/s1. The molecule has 5 aliphatic rings. The number of ether oxygens (including phenoxy) is 1. The Labute approximate surface area is 256 Å². The molecule has 4 fully saturated rings. The normalized spacial score (nSPS) is 24.0. The van der Waals surface area contributed by atoms with Crippen molar-refractivity contribution < 1.29 is 13.9 Å². The smallest absolute Gasteiger partial charge is 0.319 e. The van der Waals surface area contributed by atoms with Gasteiger partial charge in [0.1, 0.15) is 17.9 Å². The van der Waals surface area contributed by atoms with Crippen LogP contribution in [0.2, 0.25) is 5.02 Å². The zero-order chi connectivity index (χ0) is 29.3. The average molecular weight is 602 g/mol. The number of hydrogen-bond acceptors (Lipinski definition) is 6. The van der Waals surface area contributed by atoms with Crippen molar-refractivity contribution in [3.8, 4) is 17.1 Å². The molecule has 4 aliphatic heterocycles. The highest BCUT2D eigenvalue weighted by Crippen LogP contribution is 2.45. The van der Waals surface area contributed by atoms with E-state index in [1.165, 1.54) is 30.0 Å². The lowest BCUT2D eigenvalue weighted by Crippen LogP contribution is -2.63. The minimum Gasteiger partial charge on any atom is -0.461 e. The fourth-order valence-corrected chi connectivity index (χ4v) is 8.91. The summed E-state index contributed by atoms with van der Waals surface area (Å²) in [5.74, 6) is 0.151. The average Bonchev–Trinajstić information content (AvgIpc) is 3.69. The van der Waals surface area contributed by atoms with Gasteiger partial charge in [0, 0.05) is 24.0 Å². The molecule has 0 bridgehead atoms. The van der Waals surface area contributed by atoms with Crippen molar-refractivity contribution in [1.82, 2.24) is 19.8 Å². The highest BCUT2D eigenvalue weighted by Gasteiger charge is 2.50. The van der Waals surface area contributed by atoms with Crippen LogP contribution in [0.4, 0.5) is 10.2 Å². The summed E-state index contributed by atoms with van der Waals surface area (Å²) in [5, 5.41) is 0.942. The number of carbonyl (C=O) groups is 1. The van der Waals surface area contributed by atoms with Gasteiger partial charge in [-0.05, 0) is 99.7 Å². The van der Waals surface area contributed by atoms with Crippen LogP contribution in [0.5, 0.6) is 6.01 Å². The molecular formula is C34H37ClFN5O2. The van der Waals surface area contributed by atoms with Crippen LogP contribution in [-0.2, 0) is 17.6 Å². The SMILES string of the molecule is C=CC(=O)N1CC[C@H]2[C@H]1CN2c1nc(OCC23CCCN2CCC3)nc2c(F)c(-c3cccc4c3CCCC4)c(Cl)cc12. The summed E-state index contributed by atoms with van der Waals surface area (Å²) >= 11 is 6.95. The van der Waals surface area contributed by atoms with Gasteiger partial charge in [-0.3, -0.25) is 9.69 Å². The number of nitrogens with zero attached hydrogens (tertiary/aromatic N) is 5. The summed E-state index contributed by atoms with van der Waals surface area (Å²) in [4.78, 5) is 28.7. The second kappa shape index (κ2) is 10.4. The van der Waals surface area contributed by atoms with E-state index in [-0.39, 0.29) is 35.1 Å². The largest absolute Gasteiger partial charge is 0.461 e. The number of amides is 1. The molecule has 8 rings (SSSR count). The zero-order valence-corrected chi connectivity index (χ0v) is 25.2. The maximum atomic E-state index is 16.8. The second-order valence-electron chi connectivity index (χ2n) is 12.9. The predicted octanol–water partition coefficient (Wildman–Crippen LogP) is 5.95. The highest BCUT2D eigenvalue weighted by molar-refractivity contribution is 6.34. The first kappa shape index (κ1) is 27.3. The molecule has 3 aromatic rings. The van der Waals surface area contributed by atoms with Crippen LogP contribution in [0.15, 0.2) is 36.9 Å². The number of hydrogen-bond donors (Lipinski definition) is 0. The van der Waals surface area contributed by atoms with E-state index in [0.717, 1.165) is 63.6 Å². The highest BCUT2D eigenvalue weighted by atomic mass is 35.5. The molecule has 1 aromatic heterocycles. The quantitative estimate of drug-likeness (QED) is 0.325. The maximum absolute atomic E-state index is 16.8. The molecule has 43 heavy (non-hydrogen) atoms. The number of rotatable bonds is 6. The van der Waals surface area contributed by atoms with Crippen molar-refractivity contribution in [3.05, 3.63) is 58.9 Å². The predicted molar refractivity (Wildman–Crippen MR) is 166 cm³/mol. The van der Waals surface area contributed by atoms with E-state index < -0.39 is 5.82 Å². The van der Waals surface area contributed by atoms with E-state index in [4.69, 9.17) is 26.3 Å². The maximum Gasteiger partial charge on any atom is 0.319 e. The fourth-order valence-electron chi connectivity index (χ4n) is 8.62. The summed E-state index contributed by atoms with van der Waals surface area (Å²) in [5.41, 5.74) is 3.98. The molecule has 224 valence electrons. The summed E-state index contributed by atoms with van der Waals surface area (Å²) in [6, 6.07) is 8.35. The third-order valence-corrected chi connectivity index (χ3v) is 11.1. The van der Waals surface area contributed by atoms with Crippen molar-refractivity contribution >= 4 is 34.2 Å². The Morgan fingerprint density at radius 3 is 2.74 bits per heavy atom. The molecule has 7 nitrogen and oxygen atoms in total. The van der Waals surface area contributed by atoms with E-state index in [9.17, 15) is 4.79 Å². The first-order valence-corrected chi connectivity index (χ1v) is 16.2. The Kier molecular flexibility index (Phi) is 6.64. The van der Waals surface area contributed by atoms with Gasteiger partial charge in [0.05, 0.1) is 22.6 Å². The molecule has 1 amide bonds. The molecule has 0 radical (unpaired) electrons. The Morgan fingerprint density at radius 2 is 1.93 bits per heavy atom. The molecule has 2 atom stereocenters. The van der Waals surface area contributed by atoms with E-state index in [2.05, 4.69) is 22.4 Å². The number of anilines is 1. The van der Waals surface area contributed by atoms with Gasteiger partial charge in [0.25, 0.3) is 0 Å². The lowest BCUT2D eigenvalue weighted by molar-refractivity contribution is -0.127. The molecule has 0 saturated carbocycles. The molecule has 0 N–H and O–H groups in total. The summed E-state index contributed by atoms with van der Waals surface area (Å²) in [6.45, 7) is 7.65.